The fraction of sp³-hybridized carbons (Fsp3) is 0.214. The highest BCUT2D eigenvalue weighted by Crippen LogP contribution is 2.23. The van der Waals surface area contributed by atoms with Crippen molar-refractivity contribution >= 4 is 17.8 Å². The number of aryl methyl sites for hydroxylation is 2. The number of fused-ring (bicyclic) bond motifs is 1. The molecular weight excluding hydrogens is 288 g/mol. The van der Waals surface area contributed by atoms with Gasteiger partial charge in [-0.3, -0.25) is 9.59 Å². The zero-order valence-corrected chi connectivity index (χ0v) is 11.9. The van der Waals surface area contributed by atoms with Gasteiger partial charge < -0.3 is 4.84 Å². The zero-order valence-electron chi connectivity index (χ0n) is 11.9. The van der Waals surface area contributed by atoms with E-state index >= 15 is 0 Å². The number of imide groups is 1. The minimum Gasteiger partial charge on any atom is -0.322 e. The van der Waals surface area contributed by atoms with Crippen LogP contribution in [0.4, 0.5) is 0 Å². The molecule has 0 saturated carbocycles. The molecule has 2 amide bonds. The van der Waals surface area contributed by atoms with Crippen LogP contribution in [0.1, 0.15) is 43.8 Å². The van der Waals surface area contributed by atoms with Gasteiger partial charge in [-0.15, -0.1) is 5.10 Å². The molecule has 0 radical (unpaired) electrons. The molecule has 112 valence electrons. The van der Waals surface area contributed by atoms with Crippen LogP contribution in [0.3, 0.4) is 0 Å². The molecule has 0 bridgehead atoms. The molecule has 0 aliphatic carbocycles. The number of nitrogens with zero attached hydrogens (tertiary/aromatic N) is 4. The van der Waals surface area contributed by atoms with Gasteiger partial charge in [0.1, 0.15) is 0 Å². The van der Waals surface area contributed by atoms with Gasteiger partial charge in [0.25, 0.3) is 11.8 Å². The number of hydrogen-bond donors (Lipinski definition) is 0. The molecule has 1 aliphatic heterocycles. The average Bonchev–Trinajstić information content (AvgIpc) is 3.01. The van der Waals surface area contributed by atoms with E-state index in [4.69, 9.17) is 4.84 Å². The van der Waals surface area contributed by atoms with E-state index < -0.39 is 17.8 Å². The molecule has 0 unspecified atom stereocenters. The third-order valence-corrected chi connectivity index (χ3v) is 3.33. The van der Waals surface area contributed by atoms with Crippen molar-refractivity contribution in [2.45, 2.75) is 20.4 Å². The maximum absolute atomic E-state index is 12.2. The molecule has 0 N–H and O–H groups in total. The number of rotatable bonds is 3. The second kappa shape index (κ2) is 5.06. The first-order chi connectivity index (χ1) is 10.5. The van der Waals surface area contributed by atoms with Gasteiger partial charge in [-0.1, -0.05) is 22.4 Å². The predicted molar refractivity (Wildman–Crippen MR) is 72.8 cm³/mol. The van der Waals surface area contributed by atoms with Crippen LogP contribution < -0.4 is 0 Å². The number of carbonyl (C=O) groups excluding carboxylic acids is 3. The van der Waals surface area contributed by atoms with Gasteiger partial charge in [-0.05, 0) is 26.0 Å². The molecule has 3 rings (SSSR count). The molecule has 8 heteroatoms. The average molecular weight is 300 g/mol. The van der Waals surface area contributed by atoms with Crippen LogP contribution in [0.5, 0.6) is 0 Å². The van der Waals surface area contributed by atoms with Crippen LogP contribution in [0, 0.1) is 6.92 Å². The number of benzene rings is 1. The number of hydroxylamine groups is 2. The van der Waals surface area contributed by atoms with E-state index in [-0.39, 0.29) is 16.8 Å². The fourth-order valence-corrected chi connectivity index (χ4v) is 2.25. The van der Waals surface area contributed by atoms with E-state index in [1.165, 1.54) is 16.8 Å². The smallest absolute Gasteiger partial charge is 0.322 e. The highest BCUT2D eigenvalue weighted by Gasteiger charge is 2.39. The molecule has 0 saturated heterocycles. The lowest BCUT2D eigenvalue weighted by molar-refractivity contribution is -0.0592. The molecule has 1 aromatic carbocycles. The molecule has 2 heterocycles. The number of carbonyl (C=O) groups is 3. The standard InChI is InChI=1S/C14H12N4O4/c1-3-17-11(8(2)15-16-17)14(21)22-18-12(19)9-6-4-5-7-10(9)13(18)20/h4-7H,3H2,1-2H3. The maximum atomic E-state index is 12.2. The lowest BCUT2D eigenvalue weighted by Crippen LogP contribution is -2.33. The first-order valence-electron chi connectivity index (χ1n) is 6.64. The van der Waals surface area contributed by atoms with Gasteiger partial charge in [-0.2, -0.15) is 0 Å². The first-order valence-corrected chi connectivity index (χ1v) is 6.64. The van der Waals surface area contributed by atoms with Crippen molar-refractivity contribution in [1.82, 2.24) is 20.1 Å². The van der Waals surface area contributed by atoms with Crippen molar-refractivity contribution in [1.29, 1.82) is 0 Å². The van der Waals surface area contributed by atoms with Gasteiger partial charge >= 0.3 is 5.97 Å². The topological polar surface area (TPSA) is 94.4 Å². The molecule has 0 atom stereocenters. The molecule has 0 spiro atoms. The zero-order chi connectivity index (χ0) is 15.9. The van der Waals surface area contributed by atoms with Crippen molar-refractivity contribution < 1.29 is 19.2 Å². The number of aromatic nitrogens is 3. The lowest BCUT2D eigenvalue weighted by atomic mass is 10.1. The van der Waals surface area contributed by atoms with E-state index in [0.29, 0.717) is 17.3 Å². The van der Waals surface area contributed by atoms with Crippen molar-refractivity contribution in [2.24, 2.45) is 0 Å². The van der Waals surface area contributed by atoms with Crippen LogP contribution in [0.2, 0.25) is 0 Å². The van der Waals surface area contributed by atoms with Crippen LogP contribution in [-0.4, -0.2) is 37.8 Å². The molecule has 0 fully saturated rings. The molecular formula is C14H12N4O4. The molecule has 2 aromatic rings. The summed E-state index contributed by atoms with van der Waals surface area (Å²) in [6.07, 6.45) is 0. The summed E-state index contributed by atoms with van der Waals surface area (Å²) in [6, 6.07) is 6.28. The monoisotopic (exact) mass is 300 g/mol. The second-order valence-corrected chi connectivity index (χ2v) is 4.67. The Hall–Kier alpha value is -3.03. The number of hydrogen-bond acceptors (Lipinski definition) is 6. The first kappa shape index (κ1) is 13.9. The van der Waals surface area contributed by atoms with E-state index in [1.807, 2.05) is 0 Å². The third-order valence-electron chi connectivity index (χ3n) is 3.33. The lowest BCUT2D eigenvalue weighted by Gasteiger charge is -2.13. The summed E-state index contributed by atoms with van der Waals surface area (Å²) in [6.45, 7) is 3.79. The van der Waals surface area contributed by atoms with Gasteiger partial charge in [0.2, 0.25) is 0 Å². The summed E-state index contributed by atoms with van der Waals surface area (Å²) < 4.78 is 1.34. The van der Waals surface area contributed by atoms with Crippen molar-refractivity contribution in [2.75, 3.05) is 0 Å². The van der Waals surface area contributed by atoms with Crippen LogP contribution >= 0.6 is 0 Å². The third kappa shape index (κ3) is 1.96. The minimum absolute atomic E-state index is 0.110. The minimum atomic E-state index is -0.848. The summed E-state index contributed by atoms with van der Waals surface area (Å²) in [5, 5.41) is 8.04. The van der Waals surface area contributed by atoms with Crippen molar-refractivity contribution in [3.63, 3.8) is 0 Å². The number of amides is 2. The van der Waals surface area contributed by atoms with Crippen molar-refractivity contribution in [3.05, 3.63) is 46.8 Å². The maximum Gasteiger partial charge on any atom is 0.383 e. The Morgan fingerprint density at radius 1 is 1.18 bits per heavy atom. The van der Waals surface area contributed by atoms with Gasteiger partial charge in [0.05, 0.1) is 16.8 Å². The second-order valence-electron chi connectivity index (χ2n) is 4.67. The fourth-order valence-electron chi connectivity index (χ4n) is 2.25. The highest BCUT2D eigenvalue weighted by atomic mass is 16.7. The van der Waals surface area contributed by atoms with Gasteiger partial charge in [0.15, 0.2) is 5.69 Å². The van der Waals surface area contributed by atoms with Crippen LogP contribution in [-0.2, 0) is 11.4 Å². The van der Waals surface area contributed by atoms with Gasteiger partial charge in [-0.25, -0.2) is 9.48 Å². The van der Waals surface area contributed by atoms with E-state index in [0.717, 1.165) is 0 Å². The van der Waals surface area contributed by atoms with E-state index in [1.54, 1.807) is 26.0 Å². The Labute approximate surface area is 125 Å². The SMILES string of the molecule is CCn1nnc(C)c1C(=O)ON1C(=O)c2ccccc2C1=O. The summed E-state index contributed by atoms with van der Waals surface area (Å²) >= 11 is 0. The summed E-state index contributed by atoms with van der Waals surface area (Å²) in [7, 11) is 0. The predicted octanol–water partition coefficient (Wildman–Crippen LogP) is 0.974. The Bertz CT molecular complexity index is 761. The van der Waals surface area contributed by atoms with E-state index in [2.05, 4.69) is 10.3 Å². The summed E-state index contributed by atoms with van der Waals surface area (Å²) in [5.41, 5.74) is 0.890. The molecule has 1 aromatic heterocycles. The summed E-state index contributed by atoms with van der Waals surface area (Å²) in [4.78, 5) is 41.5. The Balaban J connectivity index is 1.89. The van der Waals surface area contributed by atoms with Crippen LogP contribution in [0.25, 0.3) is 0 Å². The quantitative estimate of drug-likeness (QED) is 0.784. The molecule has 22 heavy (non-hydrogen) atoms. The van der Waals surface area contributed by atoms with Crippen LogP contribution in [0.15, 0.2) is 24.3 Å². The Morgan fingerprint density at radius 3 is 2.32 bits per heavy atom. The molecule has 8 nitrogen and oxygen atoms in total. The summed E-state index contributed by atoms with van der Waals surface area (Å²) in [5.74, 6) is -2.18. The largest absolute Gasteiger partial charge is 0.383 e. The Kier molecular flexibility index (Phi) is 3.21. The normalized spacial score (nSPS) is 13.5. The van der Waals surface area contributed by atoms with Gasteiger partial charge in [0, 0.05) is 6.54 Å². The van der Waals surface area contributed by atoms with Crippen molar-refractivity contribution in [3.8, 4) is 0 Å². The highest BCUT2D eigenvalue weighted by molar-refractivity contribution is 6.21. The molecule has 1 aliphatic rings. The van der Waals surface area contributed by atoms with E-state index in [9.17, 15) is 14.4 Å². The Morgan fingerprint density at radius 2 is 1.77 bits per heavy atom.